The Morgan fingerprint density at radius 1 is 1.08 bits per heavy atom. The molecule has 0 aliphatic rings. The monoisotopic (exact) mass is 334 g/mol. The summed E-state index contributed by atoms with van der Waals surface area (Å²) in [4.78, 5) is 16.3. The van der Waals surface area contributed by atoms with Crippen molar-refractivity contribution in [2.45, 2.75) is 0 Å². The normalized spacial score (nSPS) is 10.7. The number of pyridine rings is 1. The van der Waals surface area contributed by atoms with Crippen LogP contribution in [0.5, 0.6) is 5.75 Å². The minimum atomic E-state index is -0.333. The van der Waals surface area contributed by atoms with Crippen molar-refractivity contribution in [1.29, 1.82) is 0 Å². The highest BCUT2D eigenvalue weighted by molar-refractivity contribution is 5.90. The molecule has 3 heterocycles. The fourth-order valence-electron chi connectivity index (χ4n) is 2.35. The molecule has 124 valence electrons. The van der Waals surface area contributed by atoms with Gasteiger partial charge in [0.2, 0.25) is 5.95 Å². The highest BCUT2D eigenvalue weighted by Gasteiger charge is 2.11. The number of anilines is 1. The molecule has 0 fully saturated rings. The van der Waals surface area contributed by atoms with Crippen LogP contribution < -0.4 is 10.1 Å². The number of benzene rings is 1. The van der Waals surface area contributed by atoms with Gasteiger partial charge in [0.25, 0.3) is 5.91 Å². The largest absolute Gasteiger partial charge is 0.484 e. The first-order chi connectivity index (χ1) is 12.3. The third kappa shape index (κ3) is 3.18. The van der Waals surface area contributed by atoms with E-state index in [0.29, 0.717) is 11.4 Å². The summed E-state index contributed by atoms with van der Waals surface area (Å²) >= 11 is 0. The van der Waals surface area contributed by atoms with Gasteiger partial charge in [-0.05, 0) is 30.3 Å². The topological polar surface area (TPSA) is 86.3 Å². The lowest BCUT2D eigenvalue weighted by Crippen LogP contribution is -2.21. The number of aromatic nitrogens is 5. The average Bonchev–Trinajstić information content (AvgIpc) is 3.29. The first-order valence-electron chi connectivity index (χ1n) is 7.63. The van der Waals surface area contributed by atoms with Gasteiger partial charge in [0.1, 0.15) is 5.75 Å². The Kier molecular flexibility index (Phi) is 3.83. The van der Waals surface area contributed by atoms with E-state index in [1.165, 1.54) is 0 Å². The number of ether oxygens (including phenoxy) is 1. The molecule has 0 bridgehead atoms. The van der Waals surface area contributed by atoms with E-state index in [0.717, 1.165) is 5.82 Å². The molecule has 0 unspecified atom stereocenters. The van der Waals surface area contributed by atoms with Crippen LogP contribution in [0.3, 0.4) is 0 Å². The Morgan fingerprint density at radius 3 is 2.76 bits per heavy atom. The van der Waals surface area contributed by atoms with Crippen molar-refractivity contribution >= 4 is 17.5 Å². The van der Waals surface area contributed by atoms with Crippen LogP contribution in [-0.4, -0.2) is 36.9 Å². The molecule has 0 spiro atoms. The van der Waals surface area contributed by atoms with Gasteiger partial charge in [0, 0.05) is 12.4 Å². The molecule has 4 rings (SSSR count). The van der Waals surface area contributed by atoms with Gasteiger partial charge in [-0.2, -0.15) is 14.6 Å². The molecule has 0 saturated carbocycles. The smallest absolute Gasteiger partial charge is 0.264 e. The highest BCUT2D eigenvalue weighted by Crippen LogP contribution is 2.12. The van der Waals surface area contributed by atoms with Gasteiger partial charge >= 0.3 is 0 Å². The maximum Gasteiger partial charge on any atom is 0.264 e. The third-order valence-electron chi connectivity index (χ3n) is 3.44. The molecular weight excluding hydrogens is 320 g/mol. The van der Waals surface area contributed by atoms with Crippen molar-refractivity contribution in [3.05, 3.63) is 67.0 Å². The summed E-state index contributed by atoms with van der Waals surface area (Å²) in [5.41, 5.74) is 0.604. The molecule has 25 heavy (non-hydrogen) atoms. The Bertz CT molecular complexity index is 995. The summed E-state index contributed by atoms with van der Waals surface area (Å²) in [5.74, 6) is 1.22. The molecular formula is C17H14N6O2. The minimum Gasteiger partial charge on any atom is -0.484 e. The summed E-state index contributed by atoms with van der Waals surface area (Å²) < 4.78 is 8.69. The van der Waals surface area contributed by atoms with E-state index in [9.17, 15) is 4.79 Å². The number of fused-ring (bicyclic) bond motifs is 1. The van der Waals surface area contributed by atoms with Gasteiger partial charge in [0.05, 0.1) is 0 Å². The van der Waals surface area contributed by atoms with Crippen LogP contribution in [0.1, 0.15) is 0 Å². The minimum absolute atomic E-state index is 0.119. The molecule has 0 aliphatic heterocycles. The zero-order valence-corrected chi connectivity index (χ0v) is 13.1. The van der Waals surface area contributed by atoms with E-state index in [2.05, 4.69) is 20.5 Å². The number of carbonyl (C=O) groups excluding carboxylic acids is 1. The number of rotatable bonds is 5. The van der Waals surface area contributed by atoms with E-state index in [-0.39, 0.29) is 18.5 Å². The molecule has 0 atom stereocenters. The number of hydrogen-bond acceptors (Lipinski definition) is 5. The first-order valence-corrected chi connectivity index (χ1v) is 7.63. The number of nitrogens with zero attached hydrogens (tertiary/aromatic N) is 5. The molecule has 0 aliphatic carbocycles. The number of hydrogen-bond donors (Lipinski definition) is 1. The van der Waals surface area contributed by atoms with E-state index in [4.69, 9.17) is 4.74 Å². The number of nitrogens with one attached hydrogen (secondary N) is 1. The fraction of sp³-hybridized carbons (Fsp3) is 0.0588. The molecule has 3 aromatic heterocycles. The Hall–Kier alpha value is -3.68. The SMILES string of the molecule is O=C(COc1ccccc1)Nc1nc2cccc(-n3cccn3)n2n1. The standard InChI is InChI=1S/C17H14N6O2/c24-15(12-25-13-6-2-1-3-7-13)20-17-19-14-8-4-9-16(23(14)21-17)22-11-5-10-18-22/h1-11H,12H2,(H,20,21,24). The predicted molar refractivity (Wildman–Crippen MR) is 90.7 cm³/mol. The van der Waals surface area contributed by atoms with Crippen molar-refractivity contribution < 1.29 is 9.53 Å². The van der Waals surface area contributed by atoms with Gasteiger partial charge in [0.15, 0.2) is 18.1 Å². The summed E-state index contributed by atoms with van der Waals surface area (Å²) in [5, 5.41) is 11.1. The second-order valence-corrected chi connectivity index (χ2v) is 5.19. The number of carbonyl (C=O) groups is 1. The summed E-state index contributed by atoms with van der Waals surface area (Å²) in [6.45, 7) is -0.119. The van der Waals surface area contributed by atoms with Gasteiger partial charge in [-0.3, -0.25) is 10.1 Å². The van der Waals surface area contributed by atoms with E-state index in [1.807, 2.05) is 42.6 Å². The summed E-state index contributed by atoms with van der Waals surface area (Å²) in [6.07, 6.45) is 3.49. The van der Waals surface area contributed by atoms with Gasteiger partial charge in [-0.25, -0.2) is 4.68 Å². The lowest BCUT2D eigenvalue weighted by atomic mass is 10.3. The second kappa shape index (κ2) is 6.44. The van der Waals surface area contributed by atoms with Crippen molar-refractivity contribution in [3.63, 3.8) is 0 Å². The summed E-state index contributed by atoms with van der Waals surface area (Å²) in [6, 6.07) is 16.5. The van der Waals surface area contributed by atoms with Crippen LogP contribution in [0.25, 0.3) is 11.5 Å². The molecule has 1 amide bonds. The highest BCUT2D eigenvalue weighted by atomic mass is 16.5. The van der Waals surface area contributed by atoms with Crippen LogP contribution in [0.15, 0.2) is 67.0 Å². The van der Waals surface area contributed by atoms with Gasteiger partial charge in [-0.15, -0.1) is 5.10 Å². The quantitative estimate of drug-likeness (QED) is 0.603. The van der Waals surface area contributed by atoms with Crippen LogP contribution in [0, 0.1) is 0 Å². The lowest BCUT2D eigenvalue weighted by Gasteiger charge is -2.04. The Balaban J connectivity index is 1.50. The zero-order valence-electron chi connectivity index (χ0n) is 13.1. The summed E-state index contributed by atoms with van der Waals surface area (Å²) in [7, 11) is 0. The zero-order chi connectivity index (χ0) is 17.1. The van der Waals surface area contributed by atoms with Crippen LogP contribution in [-0.2, 0) is 4.79 Å². The molecule has 0 radical (unpaired) electrons. The molecule has 8 heteroatoms. The predicted octanol–water partition coefficient (Wildman–Crippen LogP) is 1.93. The van der Waals surface area contributed by atoms with Gasteiger partial charge in [-0.1, -0.05) is 24.3 Å². The molecule has 1 N–H and O–H groups in total. The van der Waals surface area contributed by atoms with Crippen LogP contribution in [0.4, 0.5) is 5.95 Å². The molecule has 4 aromatic rings. The number of amides is 1. The number of para-hydroxylation sites is 1. The second-order valence-electron chi connectivity index (χ2n) is 5.19. The third-order valence-corrected chi connectivity index (χ3v) is 3.44. The molecule has 0 saturated heterocycles. The Labute approximate surface area is 142 Å². The van der Waals surface area contributed by atoms with Crippen LogP contribution >= 0.6 is 0 Å². The van der Waals surface area contributed by atoms with Crippen LogP contribution in [0.2, 0.25) is 0 Å². The first kappa shape index (κ1) is 14.9. The lowest BCUT2D eigenvalue weighted by molar-refractivity contribution is -0.118. The van der Waals surface area contributed by atoms with E-state index < -0.39 is 0 Å². The average molecular weight is 334 g/mol. The Morgan fingerprint density at radius 2 is 1.96 bits per heavy atom. The fourth-order valence-corrected chi connectivity index (χ4v) is 2.35. The van der Waals surface area contributed by atoms with E-state index in [1.54, 1.807) is 33.6 Å². The van der Waals surface area contributed by atoms with Crippen molar-refractivity contribution in [2.75, 3.05) is 11.9 Å². The molecule has 8 nitrogen and oxygen atoms in total. The van der Waals surface area contributed by atoms with Crippen molar-refractivity contribution in [2.24, 2.45) is 0 Å². The van der Waals surface area contributed by atoms with Gasteiger partial charge < -0.3 is 4.74 Å². The maximum absolute atomic E-state index is 12.0. The van der Waals surface area contributed by atoms with E-state index >= 15 is 0 Å². The van der Waals surface area contributed by atoms with Crippen molar-refractivity contribution in [1.82, 2.24) is 24.4 Å². The van der Waals surface area contributed by atoms with Crippen molar-refractivity contribution in [3.8, 4) is 11.6 Å². The maximum atomic E-state index is 12.0. The molecule has 1 aromatic carbocycles.